The Kier molecular flexibility index (Phi) is 6.44. The van der Waals surface area contributed by atoms with E-state index in [1.54, 1.807) is 43.3 Å². The smallest absolute Gasteiger partial charge is 0.291 e. The summed E-state index contributed by atoms with van der Waals surface area (Å²) in [5.74, 6) is 0.827. The van der Waals surface area contributed by atoms with Gasteiger partial charge in [-0.1, -0.05) is 28.1 Å². The molecule has 0 atom stereocenters. The number of amides is 1. The minimum atomic E-state index is -0.385. The Labute approximate surface area is 171 Å². The summed E-state index contributed by atoms with van der Waals surface area (Å²) in [6.07, 6.45) is 3.28. The van der Waals surface area contributed by atoms with Gasteiger partial charge < -0.3 is 9.47 Å². The number of aromatic nitrogens is 2. The van der Waals surface area contributed by atoms with Crippen molar-refractivity contribution in [1.29, 1.82) is 0 Å². The average Bonchev–Trinajstić information content (AvgIpc) is 3.16. The molecular formula is C20H19BrN4O3. The Morgan fingerprint density at radius 1 is 1.18 bits per heavy atom. The van der Waals surface area contributed by atoms with Gasteiger partial charge in [-0.05, 0) is 47.5 Å². The van der Waals surface area contributed by atoms with Crippen LogP contribution in [0.2, 0.25) is 0 Å². The van der Waals surface area contributed by atoms with E-state index >= 15 is 0 Å². The molecule has 0 saturated heterocycles. The second kappa shape index (κ2) is 9.18. The van der Waals surface area contributed by atoms with Crippen LogP contribution in [0.15, 0.2) is 64.3 Å². The zero-order valence-corrected chi connectivity index (χ0v) is 17.0. The molecule has 3 aromatic rings. The number of rotatable bonds is 7. The zero-order valence-electron chi connectivity index (χ0n) is 15.4. The summed E-state index contributed by atoms with van der Waals surface area (Å²) in [5, 5.41) is 8.27. The maximum atomic E-state index is 12.2. The van der Waals surface area contributed by atoms with Gasteiger partial charge in [0, 0.05) is 10.7 Å². The number of hydrogen-bond donors (Lipinski definition) is 1. The molecule has 1 amide bonds. The number of carbonyl (C=O) groups is 1. The van der Waals surface area contributed by atoms with Crippen LogP contribution in [-0.2, 0) is 6.54 Å². The largest absolute Gasteiger partial charge is 0.493 e. The SMILES string of the molecule is COc1ccc(/C=N/NC(=O)c2ccn(Cc3cccc(Br)c3)n2)cc1OC. The predicted octanol–water partition coefficient (Wildman–Crippen LogP) is 3.48. The van der Waals surface area contributed by atoms with E-state index < -0.39 is 0 Å². The molecule has 0 unspecified atom stereocenters. The maximum absolute atomic E-state index is 12.2. The van der Waals surface area contributed by atoms with E-state index in [-0.39, 0.29) is 5.91 Å². The molecule has 0 aliphatic heterocycles. The number of carbonyl (C=O) groups excluding carboxylic acids is 1. The van der Waals surface area contributed by atoms with E-state index in [9.17, 15) is 4.79 Å². The maximum Gasteiger partial charge on any atom is 0.291 e. The number of methoxy groups -OCH3 is 2. The first kappa shape index (κ1) is 19.6. The van der Waals surface area contributed by atoms with Crippen molar-refractivity contribution in [3.63, 3.8) is 0 Å². The summed E-state index contributed by atoms with van der Waals surface area (Å²) >= 11 is 3.44. The Bertz CT molecular complexity index is 1000. The molecule has 0 saturated carbocycles. The van der Waals surface area contributed by atoms with Crippen molar-refractivity contribution in [3.8, 4) is 11.5 Å². The number of nitrogens with one attached hydrogen (secondary N) is 1. The third-order valence-corrected chi connectivity index (χ3v) is 4.39. The molecule has 144 valence electrons. The van der Waals surface area contributed by atoms with Gasteiger partial charge in [-0.15, -0.1) is 0 Å². The van der Waals surface area contributed by atoms with Gasteiger partial charge in [0.1, 0.15) is 0 Å². The third-order valence-electron chi connectivity index (χ3n) is 3.89. The van der Waals surface area contributed by atoms with Crippen LogP contribution in [0.4, 0.5) is 0 Å². The highest BCUT2D eigenvalue weighted by Gasteiger charge is 2.09. The normalized spacial score (nSPS) is 10.8. The molecule has 0 aliphatic carbocycles. The topological polar surface area (TPSA) is 77.7 Å². The Balaban J connectivity index is 1.61. The molecule has 1 heterocycles. The van der Waals surface area contributed by atoms with Gasteiger partial charge in [-0.3, -0.25) is 9.48 Å². The van der Waals surface area contributed by atoms with Crippen molar-refractivity contribution in [2.24, 2.45) is 5.10 Å². The zero-order chi connectivity index (χ0) is 19.9. The number of halogens is 1. The molecule has 0 aliphatic rings. The Morgan fingerprint density at radius 2 is 2.00 bits per heavy atom. The van der Waals surface area contributed by atoms with Gasteiger partial charge in [-0.25, -0.2) is 5.43 Å². The number of hydrazone groups is 1. The third kappa shape index (κ3) is 4.98. The minimum Gasteiger partial charge on any atom is -0.493 e. The predicted molar refractivity (Wildman–Crippen MR) is 110 cm³/mol. The molecule has 28 heavy (non-hydrogen) atoms. The fourth-order valence-electron chi connectivity index (χ4n) is 2.55. The van der Waals surface area contributed by atoms with Gasteiger partial charge in [0.05, 0.1) is 27.0 Å². The molecule has 7 nitrogen and oxygen atoms in total. The number of hydrogen-bond acceptors (Lipinski definition) is 5. The molecule has 0 radical (unpaired) electrons. The highest BCUT2D eigenvalue weighted by Crippen LogP contribution is 2.26. The molecule has 0 fully saturated rings. The Hall–Kier alpha value is -3.13. The van der Waals surface area contributed by atoms with Gasteiger partial charge in [-0.2, -0.15) is 10.2 Å². The lowest BCUT2D eigenvalue weighted by Crippen LogP contribution is -2.18. The summed E-state index contributed by atoms with van der Waals surface area (Å²) in [4.78, 5) is 12.2. The second-order valence-corrected chi connectivity index (χ2v) is 6.76. The lowest BCUT2D eigenvalue weighted by atomic mass is 10.2. The van der Waals surface area contributed by atoms with Crippen LogP contribution < -0.4 is 14.9 Å². The average molecular weight is 443 g/mol. The molecule has 3 rings (SSSR count). The van der Waals surface area contributed by atoms with Crippen molar-refractivity contribution in [2.75, 3.05) is 14.2 Å². The van der Waals surface area contributed by atoms with Crippen LogP contribution in [0.1, 0.15) is 21.6 Å². The van der Waals surface area contributed by atoms with E-state index in [4.69, 9.17) is 9.47 Å². The highest BCUT2D eigenvalue weighted by molar-refractivity contribution is 9.10. The van der Waals surface area contributed by atoms with Crippen molar-refractivity contribution in [1.82, 2.24) is 15.2 Å². The molecule has 2 aromatic carbocycles. The first-order chi connectivity index (χ1) is 13.6. The van der Waals surface area contributed by atoms with Gasteiger partial charge >= 0.3 is 0 Å². The summed E-state index contributed by atoms with van der Waals surface area (Å²) < 4.78 is 13.1. The minimum absolute atomic E-state index is 0.291. The second-order valence-electron chi connectivity index (χ2n) is 5.84. The number of ether oxygens (including phenoxy) is 2. The van der Waals surface area contributed by atoms with E-state index in [1.165, 1.54) is 6.21 Å². The van der Waals surface area contributed by atoms with Crippen molar-refractivity contribution in [2.45, 2.75) is 6.54 Å². The fraction of sp³-hybridized carbons (Fsp3) is 0.150. The lowest BCUT2D eigenvalue weighted by Gasteiger charge is -2.07. The molecule has 1 aromatic heterocycles. The van der Waals surface area contributed by atoms with Crippen LogP contribution in [0, 0.1) is 0 Å². The molecule has 1 N–H and O–H groups in total. The van der Waals surface area contributed by atoms with Gasteiger partial charge in [0.25, 0.3) is 5.91 Å². The molecule has 0 spiro atoms. The first-order valence-electron chi connectivity index (χ1n) is 8.42. The number of benzene rings is 2. The summed E-state index contributed by atoms with van der Waals surface area (Å²) in [7, 11) is 3.13. The molecule has 0 bridgehead atoms. The van der Waals surface area contributed by atoms with Crippen LogP contribution in [-0.4, -0.2) is 36.1 Å². The van der Waals surface area contributed by atoms with Crippen LogP contribution in [0.5, 0.6) is 11.5 Å². The van der Waals surface area contributed by atoms with E-state index in [0.717, 1.165) is 15.6 Å². The molecular weight excluding hydrogens is 424 g/mol. The highest BCUT2D eigenvalue weighted by atomic mass is 79.9. The monoisotopic (exact) mass is 442 g/mol. The Morgan fingerprint density at radius 3 is 2.75 bits per heavy atom. The fourth-order valence-corrected chi connectivity index (χ4v) is 3.00. The van der Waals surface area contributed by atoms with Gasteiger partial charge in [0.2, 0.25) is 0 Å². The lowest BCUT2D eigenvalue weighted by molar-refractivity contribution is 0.0949. The quantitative estimate of drug-likeness (QED) is 0.448. The summed E-state index contributed by atoms with van der Waals surface area (Å²) in [5.41, 5.74) is 4.61. The standard InChI is InChI=1S/C20H19BrN4O3/c1-27-18-7-6-14(11-19(18)28-2)12-22-23-20(26)17-8-9-25(24-17)13-15-4-3-5-16(21)10-15/h3-12H,13H2,1-2H3,(H,23,26)/b22-12+. The first-order valence-corrected chi connectivity index (χ1v) is 9.21. The van der Waals surface area contributed by atoms with Gasteiger partial charge in [0.15, 0.2) is 17.2 Å². The summed E-state index contributed by atoms with van der Waals surface area (Å²) in [6, 6.07) is 14.9. The van der Waals surface area contributed by atoms with Crippen molar-refractivity contribution >= 4 is 28.1 Å². The van der Waals surface area contributed by atoms with E-state index in [1.807, 2.05) is 30.3 Å². The van der Waals surface area contributed by atoms with Crippen LogP contribution >= 0.6 is 15.9 Å². The van der Waals surface area contributed by atoms with Crippen LogP contribution in [0.3, 0.4) is 0 Å². The van der Waals surface area contributed by atoms with Crippen molar-refractivity contribution < 1.29 is 14.3 Å². The summed E-state index contributed by atoms with van der Waals surface area (Å²) in [6.45, 7) is 0.571. The number of nitrogens with zero attached hydrogens (tertiary/aromatic N) is 3. The van der Waals surface area contributed by atoms with Crippen LogP contribution in [0.25, 0.3) is 0 Å². The van der Waals surface area contributed by atoms with E-state index in [2.05, 4.69) is 31.6 Å². The van der Waals surface area contributed by atoms with Crippen molar-refractivity contribution in [3.05, 3.63) is 76.0 Å². The van der Waals surface area contributed by atoms with E-state index in [0.29, 0.717) is 23.7 Å². The molecule has 8 heteroatoms.